The Hall–Kier alpha value is -2.08. The number of benzene rings is 1. The van der Waals surface area contributed by atoms with Crippen molar-refractivity contribution in [2.24, 2.45) is 16.0 Å². The van der Waals surface area contributed by atoms with E-state index in [9.17, 15) is 13.5 Å². The normalized spacial score (nSPS) is 22.4. The fourth-order valence-electron chi connectivity index (χ4n) is 4.83. The van der Waals surface area contributed by atoms with Crippen LogP contribution in [-0.2, 0) is 15.6 Å². The summed E-state index contributed by atoms with van der Waals surface area (Å²) in [5.41, 5.74) is 6.92. The molecule has 3 N–H and O–H groups in total. The van der Waals surface area contributed by atoms with Crippen molar-refractivity contribution in [3.63, 3.8) is 0 Å². The van der Waals surface area contributed by atoms with Gasteiger partial charge in [0.1, 0.15) is 0 Å². The minimum atomic E-state index is -3.70. The molecule has 0 spiro atoms. The van der Waals surface area contributed by atoms with Crippen molar-refractivity contribution in [1.29, 1.82) is 0 Å². The Labute approximate surface area is 187 Å². The molecule has 1 aromatic heterocycles. The summed E-state index contributed by atoms with van der Waals surface area (Å²) in [4.78, 5) is 2.31. The molecule has 1 fully saturated rings. The lowest BCUT2D eigenvalue weighted by atomic mass is 9.82. The minimum absolute atomic E-state index is 0.0673. The number of thiocarbonyl (C=S) groups is 1. The zero-order valence-corrected chi connectivity index (χ0v) is 19.8. The minimum Gasteiger partial charge on any atom is -0.493 e. The predicted octanol–water partition coefficient (Wildman–Crippen LogP) is 2.85. The van der Waals surface area contributed by atoms with Gasteiger partial charge in [0, 0.05) is 37.1 Å². The van der Waals surface area contributed by atoms with Gasteiger partial charge in [-0.3, -0.25) is 0 Å². The lowest BCUT2D eigenvalue weighted by Crippen LogP contribution is -2.47. The van der Waals surface area contributed by atoms with E-state index in [4.69, 9.17) is 18.0 Å². The molecular weight excluding hydrogens is 436 g/mol. The average molecular weight is 465 g/mol. The summed E-state index contributed by atoms with van der Waals surface area (Å²) in [7, 11) is -1.72. The number of aromatic nitrogens is 1. The van der Waals surface area contributed by atoms with E-state index in [0.29, 0.717) is 31.6 Å². The highest BCUT2D eigenvalue weighted by atomic mass is 32.2. The van der Waals surface area contributed by atoms with Gasteiger partial charge in [0.15, 0.2) is 5.69 Å². The first-order chi connectivity index (χ1) is 14.4. The molecule has 1 atom stereocenters. The van der Waals surface area contributed by atoms with E-state index in [1.807, 2.05) is 25.5 Å². The molecule has 31 heavy (non-hydrogen) atoms. The van der Waals surface area contributed by atoms with Crippen molar-refractivity contribution in [3.8, 4) is 5.88 Å². The van der Waals surface area contributed by atoms with Gasteiger partial charge in [-0.25, -0.2) is 8.42 Å². The largest absolute Gasteiger partial charge is 0.493 e. The molecule has 11 heteroatoms. The lowest BCUT2D eigenvalue weighted by molar-refractivity contribution is 0.222. The van der Waals surface area contributed by atoms with Crippen LogP contribution in [0.3, 0.4) is 0 Å². The molecule has 1 saturated heterocycles. The first-order valence-corrected chi connectivity index (χ1v) is 12.1. The number of sulfonamides is 1. The maximum absolute atomic E-state index is 13.5. The highest BCUT2D eigenvalue weighted by Crippen LogP contribution is 2.51. The van der Waals surface area contributed by atoms with Crippen molar-refractivity contribution in [2.45, 2.75) is 43.5 Å². The number of rotatable bonds is 3. The summed E-state index contributed by atoms with van der Waals surface area (Å²) in [6.45, 7) is 8.40. The molecule has 9 nitrogen and oxygen atoms in total. The Morgan fingerprint density at radius 3 is 2.52 bits per heavy atom. The summed E-state index contributed by atoms with van der Waals surface area (Å²) >= 11 is 4.80. The Morgan fingerprint density at radius 1 is 1.26 bits per heavy atom. The van der Waals surface area contributed by atoms with Crippen LogP contribution in [0.2, 0.25) is 0 Å². The molecule has 1 unspecified atom stereocenters. The van der Waals surface area contributed by atoms with Crippen LogP contribution in [0, 0.1) is 0 Å². The fourth-order valence-corrected chi connectivity index (χ4v) is 6.36. The standard InChI is InChI=1S/C20H28N6O3S2/c1-12-11-20(2,3)26-17-14(12)9-13(31(28,29)25-7-5-24(4)6-8-25)10-15(17)16(18(26)27)22-23-19(21)30/h9-10,12,27H,5-8,11H2,1-4H3,(H2,21,30). The number of likely N-dealkylation sites (N-methyl/N-ethyl adjacent to an activating group) is 1. The predicted molar refractivity (Wildman–Crippen MR) is 124 cm³/mol. The third-order valence-corrected chi connectivity index (χ3v) is 8.26. The molecule has 0 radical (unpaired) electrons. The van der Waals surface area contributed by atoms with Crippen LogP contribution in [0.25, 0.3) is 10.9 Å². The summed E-state index contributed by atoms with van der Waals surface area (Å²) in [6.07, 6.45) is 0.737. The molecule has 0 aliphatic carbocycles. The first-order valence-electron chi connectivity index (χ1n) is 10.2. The molecular formula is C20H28N6O3S2. The second-order valence-electron chi connectivity index (χ2n) is 9.08. The molecule has 3 heterocycles. The maximum atomic E-state index is 13.5. The molecule has 168 valence electrons. The Kier molecular flexibility index (Phi) is 5.36. The number of azo groups is 1. The SMILES string of the molecule is CC1CC(C)(C)n2c(O)c(N=NC(N)=S)c3cc(S(=O)(=O)N4CCN(C)CC4)cc1c32. The van der Waals surface area contributed by atoms with Gasteiger partial charge in [0.05, 0.1) is 10.4 Å². The molecule has 2 aromatic rings. The van der Waals surface area contributed by atoms with Crippen molar-refractivity contribution in [1.82, 2.24) is 13.8 Å². The van der Waals surface area contributed by atoms with E-state index < -0.39 is 10.0 Å². The zero-order chi connectivity index (χ0) is 22.7. The topological polar surface area (TPSA) is 117 Å². The molecule has 1 aromatic carbocycles. The Bertz CT molecular complexity index is 1190. The molecule has 2 aliphatic heterocycles. The van der Waals surface area contributed by atoms with Crippen LogP contribution in [0.1, 0.15) is 38.7 Å². The monoisotopic (exact) mass is 464 g/mol. The van der Waals surface area contributed by atoms with E-state index in [0.717, 1.165) is 17.5 Å². The fraction of sp³-hybridized carbons (Fsp3) is 0.550. The third kappa shape index (κ3) is 3.63. The van der Waals surface area contributed by atoms with Crippen LogP contribution in [-0.4, -0.2) is 65.6 Å². The molecule has 0 saturated carbocycles. The Morgan fingerprint density at radius 2 is 1.90 bits per heavy atom. The average Bonchev–Trinajstić information content (AvgIpc) is 2.96. The van der Waals surface area contributed by atoms with Gasteiger partial charge in [-0.2, -0.15) is 4.31 Å². The van der Waals surface area contributed by atoms with E-state index in [1.165, 1.54) is 4.31 Å². The number of aromatic hydroxyl groups is 1. The van der Waals surface area contributed by atoms with Crippen molar-refractivity contribution in [3.05, 3.63) is 17.7 Å². The summed E-state index contributed by atoms with van der Waals surface area (Å²) in [5.74, 6) is 0.0320. The van der Waals surface area contributed by atoms with Gasteiger partial charge in [-0.05, 0) is 63.1 Å². The second-order valence-corrected chi connectivity index (χ2v) is 11.4. The van der Waals surface area contributed by atoms with Crippen LogP contribution in [0.15, 0.2) is 27.3 Å². The van der Waals surface area contributed by atoms with E-state index in [1.54, 1.807) is 12.1 Å². The van der Waals surface area contributed by atoms with Gasteiger partial charge in [-0.1, -0.05) is 6.92 Å². The number of piperazine rings is 1. The summed E-state index contributed by atoms with van der Waals surface area (Å²) < 4.78 is 30.3. The quantitative estimate of drug-likeness (QED) is 0.533. The van der Waals surface area contributed by atoms with Gasteiger partial charge in [0.25, 0.3) is 0 Å². The lowest BCUT2D eigenvalue weighted by Gasteiger charge is -2.37. The number of nitrogens with two attached hydrogens (primary N) is 1. The molecule has 0 bridgehead atoms. The van der Waals surface area contributed by atoms with Crippen LogP contribution < -0.4 is 5.73 Å². The molecule has 0 amide bonds. The van der Waals surface area contributed by atoms with Crippen LogP contribution >= 0.6 is 12.2 Å². The van der Waals surface area contributed by atoms with Crippen molar-refractivity contribution in [2.75, 3.05) is 33.2 Å². The van der Waals surface area contributed by atoms with E-state index in [2.05, 4.69) is 22.1 Å². The second kappa shape index (κ2) is 7.51. The highest BCUT2D eigenvalue weighted by molar-refractivity contribution is 7.89. The van der Waals surface area contributed by atoms with Gasteiger partial charge >= 0.3 is 0 Å². The van der Waals surface area contributed by atoms with E-state index >= 15 is 0 Å². The summed E-state index contributed by atoms with van der Waals surface area (Å²) in [6, 6.07) is 3.34. The van der Waals surface area contributed by atoms with Gasteiger partial charge in [0.2, 0.25) is 21.0 Å². The maximum Gasteiger partial charge on any atom is 0.243 e. The van der Waals surface area contributed by atoms with Crippen molar-refractivity contribution >= 4 is 43.9 Å². The molecule has 2 aliphatic rings. The number of nitrogens with zero attached hydrogens (tertiary/aromatic N) is 5. The Balaban J connectivity index is 1.97. The number of hydrogen-bond donors (Lipinski definition) is 2. The third-order valence-electron chi connectivity index (χ3n) is 6.31. The summed E-state index contributed by atoms with van der Waals surface area (Å²) in [5, 5.41) is 19.2. The van der Waals surface area contributed by atoms with Crippen LogP contribution in [0.5, 0.6) is 5.88 Å². The van der Waals surface area contributed by atoms with Crippen molar-refractivity contribution < 1.29 is 13.5 Å². The zero-order valence-electron chi connectivity index (χ0n) is 18.2. The van der Waals surface area contributed by atoms with E-state index in [-0.39, 0.29) is 33.0 Å². The smallest absolute Gasteiger partial charge is 0.243 e. The molecule has 4 rings (SSSR count). The van der Waals surface area contributed by atoms with Gasteiger partial charge in [-0.15, -0.1) is 10.2 Å². The highest BCUT2D eigenvalue weighted by Gasteiger charge is 2.38. The van der Waals surface area contributed by atoms with Crippen LogP contribution in [0.4, 0.5) is 5.69 Å². The number of hydrogen-bond acceptors (Lipinski definition) is 6. The first kappa shape index (κ1) is 22.1. The van der Waals surface area contributed by atoms with Gasteiger partial charge < -0.3 is 20.3 Å².